The molecule has 4 aromatic rings. The number of nitrogens with zero attached hydrogens (tertiary/aromatic N) is 5. The van der Waals surface area contributed by atoms with Gasteiger partial charge in [-0.15, -0.1) is 21.5 Å². The lowest BCUT2D eigenvalue weighted by Crippen LogP contribution is -2.04. The van der Waals surface area contributed by atoms with Gasteiger partial charge in [0.1, 0.15) is 0 Å². The van der Waals surface area contributed by atoms with E-state index in [4.69, 9.17) is 4.52 Å². The Balaban J connectivity index is 1.31. The minimum Gasteiger partial charge on any atom is -0.338 e. The van der Waals surface area contributed by atoms with E-state index in [0.717, 1.165) is 40.8 Å². The van der Waals surface area contributed by atoms with Crippen molar-refractivity contribution in [1.29, 1.82) is 0 Å². The van der Waals surface area contributed by atoms with E-state index < -0.39 is 11.7 Å². The second-order valence-corrected chi connectivity index (χ2v) is 8.65. The highest BCUT2D eigenvalue weighted by Crippen LogP contribution is 2.42. The number of rotatable bonds is 6. The Morgan fingerprint density at radius 2 is 1.93 bits per heavy atom. The fraction of sp³-hybridized carbons (Fsp3) is 0.263. The van der Waals surface area contributed by atoms with Gasteiger partial charge in [0, 0.05) is 11.6 Å². The number of hydrogen-bond acceptors (Lipinski definition) is 7. The summed E-state index contributed by atoms with van der Waals surface area (Å²) >= 11 is 3.07. The second kappa shape index (κ2) is 7.55. The van der Waals surface area contributed by atoms with Gasteiger partial charge >= 0.3 is 6.18 Å². The average Bonchev–Trinajstić information content (AvgIpc) is 3.15. The lowest BCUT2D eigenvalue weighted by molar-refractivity contribution is -0.137. The molecule has 1 aliphatic rings. The largest absolute Gasteiger partial charge is 0.416 e. The molecule has 5 rings (SSSR count). The lowest BCUT2D eigenvalue weighted by Gasteiger charge is -2.06. The van der Waals surface area contributed by atoms with Crippen LogP contribution in [0.5, 0.6) is 0 Å². The van der Waals surface area contributed by atoms with Gasteiger partial charge in [-0.1, -0.05) is 35.1 Å². The molecule has 0 bridgehead atoms. The molecular formula is C19H14F3N5OS2. The first kappa shape index (κ1) is 19.3. The zero-order valence-corrected chi connectivity index (χ0v) is 17.0. The number of thiophene rings is 1. The molecule has 0 atom stereocenters. The predicted molar refractivity (Wildman–Crippen MR) is 106 cm³/mol. The molecule has 0 amide bonds. The molecule has 0 N–H and O–H groups in total. The Morgan fingerprint density at radius 3 is 2.60 bits per heavy atom. The Morgan fingerprint density at radius 1 is 1.13 bits per heavy atom. The van der Waals surface area contributed by atoms with E-state index in [1.165, 1.54) is 23.9 Å². The molecule has 0 saturated heterocycles. The molecule has 154 valence electrons. The number of aromatic nitrogens is 5. The van der Waals surface area contributed by atoms with E-state index in [9.17, 15) is 13.2 Å². The summed E-state index contributed by atoms with van der Waals surface area (Å²) in [6, 6.07) is 9.10. The van der Waals surface area contributed by atoms with E-state index in [1.807, 2.05) is 17.5 Å². The maximum atomic E-state index is 12.7. The molecule has 1 saturated carbocycles. The minimum absolute atomic E-state index is 0.252. The number of halogens is 3. The molecule has 3 heterocycles. The van der Waals surface area contributed by atoms with E-state index in [1.54, 1.807) is 11.3 Å². The monoisotopic (exact) mass is 449 g/mol. The van der Waals surface area contributed by atoms with Gasteiger partial charge in [-0.3, -0.25) is 4.57 Å². The maximum Gasteiger partial charge on any atom is 0.416 e. The van der Waals surface area contributed by atoms with E-state index >= 15 is 0 Å². The summed E-state index contributed by atoms with van der Waals surface area (Å²) in [5, 5.41) is 15.4. The first-order valence-corrected chi connectivity index (χ1v) is 11.0. The van der Waals surface area contributed by atoms with Crippen LogP contribution in [0.25, 0.3) is 22.1 Å². The van der Waals surface area contributed by atoms with Crippen molar-refractivity contribution in [2.24, 2.45) is 0 Å². The molecule has 3 aromatic heterocycles. The van der Waals surface area contributed by atoms with Crippen molar-refractivity contribution < 1.29 is 17.7 Å². The lowest BCUT2D eigenvalue weighted by atomic mass is 10.1. The first-order valence-electron chi connectivity index (χ1n) is 9.11. The van der Waals surface area contributed by atoms with Gasteiger partial charge in [0.15, 0.2) is 11.0 Å². The highest BCUT2D eigenvalue weighted by Gasteiger charge is 2.31. The SMILES string of the molecule is FC(F)(F)c1ccc(-c2noc(CSc3nnc(-c4cccs4)n3C3CC3)n2)cc1. The number of thioether (sulfide) groups is 1. The van der Waals surface area contributed by atoms with Crippen LogP contribution in [-0.4, -0.2) is 24.9 Å². The van der Waals surface area contributed by atoms with Crippen LogP contribution < -0.4 is 0 Å². The summed E-state index contributed by atoms with van der Waals surface area (Å²) in [5.74, 6) is 1.88. The quantitative estimate of drug-likeness (QED) is 0.352. The highest BCUT2D eigenvalue weighted by molar-refractivity contribution is 7.98. The highest BCUT2D eigenvalue weighted by atomic mass is 32.2. The molecule has 0 spiro atoms. The van der Waals surface area contributed by atoms with Gasteiger partial charge < -0.3 is 4.52 Å². The molecule has 6 nitrogen and oxygen atoms in total. The smallest absolute Gasteiger partial charge is 0.338 e. The Hall–Kier alpha value is -2.66. The molecule has 0 unspecified atom stereocenters. The van der Waals surface area contributed by atoms with Crippen molar-refractivity contribution in [3.8, 4) is 22.1 Å². The molecule has 1 aliphatic carbocycles. The Labute approximate surface area is 177 Å². The Bertz CT molecular complexity index is 1150. The molecule has 11 heteroatoms. The van der Waals surface area contributed by atoms with Crippen LogP contribution >= 0.6 is 23.1 Å². The van der Waals surface area contributed by atoms with E-state index in [2.05, 4.69) is 24.9 Å². The summed E-state index contributed by atoms with van der Waals surface area (Å²) in [5.41, 5.74) is -0.254. The van der Waals surface area contributed by atoms with Gasteiger partial charge in [0.2, 0.25) is 11.7 Å². The van der Waals surface area contributed by atoms with Gasteiger partial charge in [-0.05, 0) is 36.4 Å². The van der Waals surface area contributed by atoms with E-state index in [0.29, 0.717) is 23.2 Å². The predicted octanol–water partition coefficient (Wildman–Crippen LogP) is 5.70. The topological polar surface area (TPSA) is 69.6 Å². The van der Waals surface area contributed by atoms with Crippen LogP contribution in [0.2, 0.25) is 0 Å². The third-order valence-corrected chi connectivity index (χ3v) is 6.38. The van der Waals surface area contributed by atoms with Crippen LogP contribution in [-0.2, 0) is 11.9 Å². The van der Waals surface area contributed by atoms with Crippen LogP contribution in [0.1, 0.15) is 30.3 Å². The van der Waals surface area contributed by atoms with Gasteiger partial charge in [0.05, 0.1) is 16.2 Å². The number of hydrogen-bond donors (Lipinski definition) is 0. The number of alkyl halides is 3. The molecule has 0 aliphatic heterocycles. The van der Waals surface area contributed by atoms with Crippen LogP contribution in [0.15, 0.2) is 51.5 Å². The third kappa shape index (κ3) is 3.86. The zero-order valence-electron chi connectivity index (χ0n) is 15.3. The Kier molecular flexibility index (Phi) is 4.86. The van der Waals surface area contributed by atoms with Crippen molar-refractivity contribution in [3.05, 3.63) is 53.2 Å². The summed E-state index contributed by atoms with van der Waals surface area (Å²) in [6.07, 6.45) is -2.18. The molecular weight excluding hydrogens is 435 g/mol. The number of benzene rings is 1. The summed E-state index contributed by atoms with van der Waals surface area (Å²) in [4.78, 5) is 5.37. The molecule has 30 heavy (non-hydrogen) atoms. The first-order chi connectivity index (χ1) is 14.5. The van der Waals surface area contributed by atoms with Crippen molar-refractivity contribution in [3.63, 3.8) is 0 Å². The van der Waals surface area contributed by atoms with Gasteiger partial charge in [-0.25, -0.2) is 0 Å². The molecule has 0 radical (unpaired) electrons. The van der Waals surface area contributed by atoms with Crippen LogP contribution in [0.4, 0.5) is 13.2 Å². The maximum absolute atomic E-state index is 12.7. The van der Waals surface area contributed by atoms with Crippen molar-refractivity contribution >= 4 is 23.1 Å². The summed E-state index contributed by atoms with van der Waals surface area (Å²) < 4.78 is 45.6. The van der Waals surface area contributed by atoms with Gasteiger partial charge in [0.25, 0.3) is 0 Å². The summed E-state index contributed by atoms with van der Waals surface area (Å²) in [6.45, 7) is 0. The van der Waals surface area contributed by atoms with Crippen LogP contribution in [0.3, 0.4) is 0 Å². The average molecular weight is 449 g/mol. The fourth-order valence-corrected chi connectivity index (χ4v) is 4.52. The van der Waals surface area contributed by atoms with Crippen molar-refractivity contribution in [2.45, 2.75) is 36.0 Å². The standard InChI is InChI=1S/C19H14F3N5OS2/c20-19(21,22)12-5-3-11(4-6-12)16-23-15(28-26-16)10-30-18-25-24-17(14-2-1-9-29-14)27(18)13-7-8-13/h1-6,9,13H,7-8,10H2. The summed E-state index contributed by atoms with van der Waals surface area (Å²) in [7, 11) is 0. The van der Waals surface area contributed by atoms with Crippen LogP contribution in [0, 0.1) is 0 Å². The van der Waals surface area contributed by atoms with Crippen molar-refractivity contribution in [2.75, 3.05) is 0 Å². The minimum atomic E-state index is -4.38. The van der Waals surface area contributed by atoms with E-state index in [-0.39, 0.29) is 5.82 Å². The van der Waals surface area contributed by atoms with Gasteiger partial charge in [-0.2, -0.15) is 18.2 Å². The third-order valence-electron chi connectivity index (χ3n) is 4.58. The van der Waals surface area contributed by atoms with Crippen molar-refractivity contribution in [1.82, 2.24) is 24.9 Å². The normalized spacial score (nSPS) is 14.4. The molecule has 1 aromatic carbocycles. The fourth-order valence-electron chi connectivity index (χ4n) is 2.98. The molecule has 1 fully saturated rings. The zero-order chi connectivity index (χ0) is 20.7. The second-order valence-electron chi connectivity index (χ2n) is 6.76.